The summed E-state index contributed by atoms with van der Waals surface area (Å²) in [7, 11) is 0. The maximum absolute atomic E-state index is 12.9. The lowest BCUT2D eigenvalue weighted by molar-refractivity contribution is -0.158. The Hall–Kier alpha value is -2.87. The zero-order valence-corrected chi connectivity index (χ0v) is 16.2. The van der Waals surface area contributed by atoms with Gasteiger partial charge in [0, 0.05) is 24.2 Å². The summed E-state index contributed by atoms with van der Waals surface area (Å²) < 4.78 is 8.35. The number of fused-ring (bicyclic) bond motifs is 1. The van der Waals surface area contributed by atoms with Gasteiger partial charge in [-0.3, -0.25) is 9.36 Å². The molecule has 3 aromatic rings. The van der Waals surface area contributed by atoms with Gasteiger partial charge in [-0.05, 0) is 33.8 Å². The molecule has 0 unspecified atom stereocenters. The Bertz CT molecular complexity index is 1080. The van der Waals surface area contributed by atoms with E-state index in [1.54, 1.807) is 56.8 Å². The first-order chi connectivity index (χ1) is 12.6. The number of aromatic nitrogens is 4. The highest BCUT2D eigenvalue weighted by Crippen LogP contribution is 2.27. The summed E-state index contributed by atoms with van der Waals surface area (Å²) in [5.41, 5.74) is 6.08. The fraction of sp³-hybridized carbons (Fsp3) is 0.333. The quantitative estimate of drug-likeness (QED) is 0.690. The number of rotatable bonds is 3. The smallest absolute Gasteiger partial charge is 0.329 e. The predicted molar refractivity (Wildman–Crippen MR) is 103 cm³/mol. The van der Waals surface area contributed by atoms with E-state index in [2.05, 4.69) is 9.97 Å². The van der Waals surface area contributed by atoms with Crippen LogP contribution in [0.1, 0.15) is 33.7 Å². The molecule has 3 heterocycles. The summed E-state index contributed by atoms with van der Waals surface area (Å²) >= 11 is 6.15. The predicted octanol–water partition coefficient (Wildman–Crippen LogP) is 2.70. The Morgan fingerprint density at radius 1 is 1.33 bits per heavy atom. The number of carbonyl (C=O) groups is 1. The molecule has 3 rings (SSSR count). The van der Waals surface area contributed by atoms with Crippen LogP contribution in [0.2, 0.25) is 5.02 Å². The van der Waals surface area contributed by atoms with Gasteiger partial charge in [-0.1, -0.05) is 11.6 Å². The molecule has 0 aliphatic rings. The molecule has 2 N–H and O–H groups in total. The van der Waals surface area contributed by atoms with Crippen molar-refractivity contribution in [3.8, 4) is 11.3 Å². The van der Waals surface area contributed by atoms with Crippen LogP contribution in [-0.4, -0.2) is 30.5 Å². The number of ether oxygens (including phenoxy) is 1. The van der Waals surface area contributed by atoms with E-state index in [0.717, 1.165) is 0 Å². The second-order valence-electron chi connectivity index (χ2n) is 7.17. The summed E-state index contributed by atoms with van der Waals surface area (Å²) in [4.78, 5) is 33.2. The fourth-order valence-electron chi connectivity index (χ4n) is 2.64. The maximum Gasteiger partial charge on any atom is 0.329 e. The van der Waals surface area contributed by atoms with E-state index in [9.17, 15) is 9.59 Å². The standard InChI is InChI=1S/C18H20ClN5O3/c1-10(16(26)27-18(2,3)4)24-6-5-23-9-11(7-13(23)15(24)25)14-12(19)8-21-17(20)22-14/h5-10H,1-4H3,(H2,20,21,22)/t10-/m1/s1. The molecule has 0 spiro atoms. The molecule has 8 nitrogen and oxygen atoms in total. The van der Waals surface area contributed by atoms with Crippen molar-refractivity contribution < 1.29 is 9.53 Å². The first kappa shape index (κ1) is 18.9. The molecule has 3 aromatic heterocycles. The van der Waals surface area contributed by atoms with Gasteiger partial charge in [0.2, 0.25) is 5.95 Å². The number of nitrogen functional groups attached to an aromatic ring is 1. The lowest BCUT2D eigenvalue weighted by Gasteiger charge is -2.23. The number of hydrogen-bond donors (Lipinski definition) is 1. The third-order valence-electron chi connectivity index (χ3n) is 3.89. The van der Waals surface area contributed by atoms with Crippen molar-refractivity contribution in [3.63, 3.8) is 0 Å². The number of halogens is 1. The minimum absolute atomic E-state index is 0.0839. The van der Waals surface area contributed by atoms with Crippen molar-refractivity contribution in [1.82, 2.24) is 18.9 Å². The molecule has 0 saturated heterocycles. The van der Waals surface area contributed by atoms with Crippen molar-refractivity contribution in [1.29, 1.82) is 0 Å². The number of nitrogens with zero attached hydrogens (tertiary/aromatic N) is 4. The van der Waals surface area contributed by atoms with Crippen molar-refractivity contribution in [2.45, 2.75) is 39.3 Å². The third kappa shape index (κ3) is 3.80. The van der Waals surface area contributed by atoms with E-state index in [-0.39, 0.29) is 11.5 Å². The average molecular weight is 390 g/mol. The Kier molecular flexibility index (Phi) is 4.69. The highest BCUT2D eigenvalue weighted by atomic mass is 35.5. The van der Waals surface area contributed by atoms with Crippen LogP contribution in [0.5, 0.6) is 0 Å². The zero-order chi connectivity index (χ0) is 19.9. The fourth-order valence-corrected chi connectivity index (χ4v) is 2.84. The van der Waals surface area contributed by atoms with Crippen LogP contribution in [0.4, 0.5) is 5.95 Å². The number of carbonyl (C=O) groups excluding carboxylic acids is 1. The average Bonchev–Trinajstić information content (AvgIpc) is 3.00. The van der Waals surface area contributed by atoms with Gasteiger partial charge in [-0.2, -0.15) is 0 Å². The van der Waals surface area contributed by atoms with E-state index >= 15 is 0 Å². The molecule has 0 aromatic carbocycles. The van der Waals surface area contributed by atoms with Crippen molar-refractivity contribution in [3.05, 3.63) is 46.2 Å². The van der Waals surface area contributed by atoms with Gasteiger partial charge in [-0.15, -0.1) is 0 Å². The molecule has 0 radical (unpaired) electrons. The molecule has 0 amide bonds. The van der Waals surface area contributed by atoms with Gasteiger partial charge in [0.15, 0.2) is 0 Å². The zero-order valence-electron chi connectivity index (χ0n) is 15.4. The molecule has 9 heteroatoms. The first-order valence-electron chi connectivity index (χ1n) is 8.31. The largest absolute Gasteiger partial charge is 0.458 e. The molecule has 0 saturated carbocycles. The lowest BCUT2D eigenvalue weighted by atomic mass is 10.2. The summed E-state index contributed by atoms with van der Waals surface area (Å²) in [5.74, 6) is -0.395. The van der Waals surface area contributed by atoms with E-state index in [1.165, 1.54) is 10.8 Å². The van der Waals surface area contributed by atoms with Crippen LogP contribution in [0.25, 0.3) is 16.8 Å². The number of nitrogens with two attached hydrogens (primary N) is 1. The Balaban J connectivity index is 2.04. The van der Waals surface area contributed by atoms with Crippen LogP contribution >= 0.6 is 11.6 Å². The van der Waals surface area contributed by atoms with Crippen LogP contribution < -0.4 is 11.3 Å². The Morgan fingerprint density at radius 2 is 2.04 bits per heavy atom. The van der Waals surface area contributed by atoms with Crippen molar-refractivity contribution in [2.75, 3.05) is 5.73 Å². The highest BCUT2D eigenvalue weighted by Gasteiger charge is 2.24. The number of hydrogen-bond acceptors (Lipinski definition) is 6. The van der Waals surface area contributed by atoms with Gasteiger partial charge in [0.05, 0.1) is 16.9 Å². The van der Waals surface area contributed by atoms with Gasteiger partial charge >= 0.3 is 5.97 Å². The molecule has 0 fully saturated rings. The minimum Gasteiger partial charge on any atom is -0.458 e. The van der Waals surface area contributed by atoms with Gasteiger partial charge in [0.25, 0.3) is 5.56 Å². The molecule has 27 heavy (non-hydrogen) atoms. The first-order valence-corrected chi connectivity index (χ1v) is 8.69. The highest BCUT2D eigenvalue weighted by molar-refractivity contribution is 6.32. The lowest BCUT2D eigenvalue weighted by Crippen LogP contribution is -2.33. The monoisotopic (exact) mass is 389 g/mol. The van der Waals surface area contributed by atoms with Crippen LogP contribution in [0.3, 0.4) is 0 Å². The van der Waals surface area contributed by atoms with Crippen LogP contribution in [0.15, 0.2) is 35.6 Å². The SMILES string of the molecule is C[C@H](C(=O)OC(C)(C)C)n1ccn2cc(-c3nc(N)ncc3Cl)cc2c1=O. The summed E-state index contributed by atoms with van der Waals surface area (Å²) in [5, 5.41) is 0.322. The van der Waals surface area contributed by atoms with Crippen LogP contribution in [-0.2, 0) is 9.53 Å². The topological polar surface area (TPSA) is 105 Å². The maximum atomic E-state index is 12.9. The summed E-state index contributed by atoms with van der Waals surface area (Å²) in [6.45, 7) is 6.96. The number of anilines is 1. The number of esters is 1. The second-order valence-corrected chi connectivity index (χ2v) is 7.57. The normalized spacial score (nSPS) is 12.9. The van der Waals surface area contributed by atoms with E-state index in [4.69, 9.17) is 22.1 Å². The van der Waals surface area contributed by atoms with Crippen molar-refractivity contribution >= 4 is 29.0 Å². The minimum atomic E-state index is -0.765. The Labute approximate surface area is 160 Å². The van der Waals surface area contributed by atoms with Gasteiger partial charge in [0.1, 0.15) is 17.2 Å². The summed E-state index contributed by atoms with van der Waals surface area (Å²) in [6.07, 6.45) is 6.35. The van der Waals surface area contributed by atoms with Gasteiger partial charge < -0.3 is 14.9 Å². The molecule has 0 aliphatic carbocycles. The molecule has 1 atom stereocenters. The van der Waals surface area contributed by atoms with E-state index < -0.39 is 17.6 Å². The van der Waals surface area contributed by atoms with Crippen molar-refractivity contribution in [2.24, 2.45) is 0 Å². The second kappa shape index (κ2) is 6.70. The summed E-state index contributed by atoms with van der Waals surface area (Å²) in [6, 6.07) is 0.882. The molecule has 0 bridgehead atoms. The molecule has 0 aliphatic heterocycles. The molecular weight excluding hydrogens is 370 g/mol. The molecule has 142 valence electrons. The van der Waals surface area contributed by atoms with E-state index in [1.807, 2.05) is 0 Å². The third-order valence-corrected chi connectivity index (χ3v) is 4.17. The van der Waals surface area contributed by atoms with Gasteiger partial charge in [-0.25, -0.2) is 14.8 Å². The molecular formula is C18H20ClN5O3. The van der Waals surface area contributed by atoms with E-state index in [0.29, 0.717) is 21.8 Å². The van der Waals surface area contributed by atoms with Crippen LogP contribution in [0, 0.1) is 0 Å². The Morgan fingerprint density at radius 3 is 2.70 bits per heavy atom.